The highest BCUT2D eigenvalue weighted by Crippen LogP contribution is 2.29. The van der Waals surface area contributed by atoms with Crippen molar-refractivity contribution in [3.63, 3.8) is 0 Å². The number of carbonyl (C=O) groups excluding carboxylic acids is 1. The zero-order valence-electron chi connectivity index (χ0n) is 10.6. The zero-order chi connectivity index (χ0) is 14.7. The van der Waals surface area contributed by atoms with Crippen LogP contribution in [0.25, 0.3) is 0 Å². The summed E-state index contributed by atoms with van der Waals surface area (Å²) in [5.74, 6) is -0.987. The molecule has 6 heteroatoms. The molecule has 0 fully saturated rings. The van der Waals surface area contributed by atoms with Crippen molar-refractivity contribution in [1.29, 1.82) is 0 Å². The summed E-state index contributed by atoms with van der Waals surface area (Å²) in [6, 6.07) is 8.60. The fourth-order valence-corrected chi connectivity index (χ4v) is 1.85. The van der Waals surface area contributed by atoms with Gasteiger partial charge in [-0.25, -0.2) is 9.18 Å². The van der Waals surface area contributed by atoms with Crippen LogP contribution in [0.2, 0.25) is 5.02 Å². The Kier molecular flexibility index (Phi) is 4.10. The van der Waals surface area contributed by atoms with E-state index in [0.29, 0.717) is 22.1 Å². The minimum atomic E-state index is -0.549. The van der Waals surface area contributed by atoms with E-state index >= 15 is 0 Å². The van der Waals surface area contributed by atoms with E-state index < -0.39 is 11.8 Å². The van der Waals surface area contributed by atoms with Gasteiger partial charge in [-0.15, -0.1) is 0 Å². The van der Waals surface area contributed by atoms with Gasteiger partial charge in [-0.1, -0.05) is 11.6 Å². The Hall–Kier alpha value is -2.27. The van der Waals surface area contributed by atoms with Crippen molar-refractivity contribution in [3.05, 3.63) is 52.8 Å². The molecule has 3 N–H and O–H groups in total. The lowest BCUT2D eigenvalue weighted by Gasteiger charge is -2.12. The summed E-state index contributed by atoms with van der Waals surface area (Å²) in [5, 5.41) is 3.23. The first kappa shape index (κ1) is 14.1. The zero-order valence-corrected chi connectivity index (χ0v) is 11.4. The van der Waals surface area contributed by atoms with E-state index in [1.54, 1.807) is 12.1 Å². The first-order chi connectivity index (χ1) is 9.51. The second-order valence-electron chi connectivity index (χ2n) is 4.05. The van der Waals surface area contributed by atoms with Gasteiger partial charge in [0.2, 0.25) is 0 Å². The van der Waals surface area contributed by atoms with Crippen LogP contribution in [0, 0.1) is 5.82 Å². The maximum atomic E-state index is 13.2. The van der Waals surface area contributed by atoms with Crippen molar-refractivity contribution in [1.82, 2.24) is 0 Å². The maximum absolute atomic E-state index is 13.2. The molecule has 4 nitrogen and oxygen atoms in total. The lowest BCUT2D eigenvalue weighted by atomic mass is 10.1. The second-order valence-corrected chi connectivity index (χ2v) is 4.45. The first-order valence-corrected chi connectivity index (χ1v) is 6.09. The highest BCUT2D eigenvalue weighted by Gasteiger charge is 2.13. The summed E-state index contributed by atoms with van der Waals surface area (Å²) in [7, 11) is 1.27. The summed E-state index contributed by atoms with van der Waals surface area (Å²) >= 11 is 5.97. The Morgan fingerprint density at radius 2 is 2.00 bits per heavy atom. The van der Waals surface area contributed by atoms with Crippen LogP contribution in [0.15, 0.2) is 36.4 Å². The van der Waals surface area contributed by atoms with Crippen molar-refractivity contribution in [2.45, 2.75) is 0 Å². The first-order valence-electron chi connectivity index (χ1n) is 5.71. The highest BCUT2D eigenvalue weighted by molar-refractivity contribution is 6.33. The third-order valence-corrected chi connectivity index (χ3v) is 2.98. The summed E-state index contributed by atoms with van der Waals surface area (Å²) in [6.07, 6.45) is 0. The molecule has 0 aliphatic carbocycles. The lowest BCUT2D eigenvalue weighted by Crippen LogP contribution is -2.06. The topological polar surface area (TPSA) is 64.3 Å². The monoisotopic (exact) mass is 294 g/mol. The summed E-state index contributed by atoms with van der Waals surface area (Å²) in [6.45, 7) is 0. The third kappa shape index (κ3) is 3.00. The Morgan fingerprint density at radius 1 is 1.25 bits per heavy atom. The van der Waals surface area contributed by atoms with Gasteiger partial charge in [0, 0.05) is 5.69 Å². The molecule has 0 unspecified atom stereocenters. The van der Waals surface area contributed by atoms with Crippen LogP contribution in [-0.2, 0) is 4.74 Å². The third-order valence-electron chi connectivity index (χ3n) is 2.65. The number of hydrogen-bond donors (Lipinski definition) is 2. The van der Waals surface area contributed by atoms with Gasteiger partial charge in [-0.05, 0) is 36.4 Å². The van der Waals surface area contributed by atoms with Crippen LogP contribution in [0.3, 0.4) is 0 Å². The summed E-state index contributed by atoms with van der Waals surface area (Å²) < 4.78 is 17.9. The Morgan fingerprint density at radius 3 is 2.70 bits per heavy atom. The molecule has 2 aromatic carbocycles. The minimum absolute atomic E-state index is 0.243. The molecular formula is C14H12ClFN2O2. The SMILES string of the molecule is COC(=O)c1cc(N)ccc1Nc1cc(F)ccc1Cl. The van der Waals surface area contributed by atoms with Crippen molar-refractivity contribution in [2.24, 2.45) is 0 Å². The minimum Gasteiger partial charge on any atom is -0.465 e. The van der Waals surface area contributed by atoms with Gasteiger partial charge in [0.25, 0.3) is 0 Å². The molecule has 0 aliphatic rings. The second kappa shape index (κ2) is 5.79. The van der Waals surface area contributed by atoms with Crippen LogP contribution in [-0.4, -0.2) is 13.1 Å². The van der Waals surface area contributed by atoms with Crippen LogP contribution in [0.5, 0.6) is 0 Å². The largest absolute Gasteiger partial charge is 0.465 e. The van der Waals surface area contributed by atoms with E-state index in [2.05, 4.69) is 10.1 Å². The fourth-order valence-electron chi connectivity index (χ4n) is 1.69. The van der Waals surface area contributed by atoms with Crippen molar-refractivity contribution >= 4 is 34.6 Å². The molecule has 0 saturated carbocycles. The molecule has 0 aromatic heterocycles. The molecule has 104 valence electrons. The van der Waals surface area contributed by atoms with E-state index in [1.807, 2.05) is 0 Å². The van der Waals surface area contributed by atoms with Crippen LogP contribution in [0.4, 0.5) is 21.5 Å². The smallest absolute Gasteiger partial charge is 0.340 e. The molecule has 0 aliphatic heterocycles. The number of hydrogen-bond acceptors (Lipinski definition) is 4. The quantitative estimate of drug-likeness (QED) is 0.671. The number of rotatable bonds is 3. The number of carbonyl (C=O) groups is 1. The average molecular weight is 295 g/mol. The predicted molar refractivity (Wildman–Crippen MR) is 76.9 cm³/mol. The van der Waals surface area contributed by atoms with E-state index in [0.717, 1.165) is 0 Å². The predicted octanol–water partition coefficient (Wildman–Crippen LogP) is 3.59. The number of ether oxygens (including phenoxy) is 1. The fraction of sp³-hybridized carbons (Fsp3) is 0.0714. The number of esters is 1. The Bertz CT molecular complexity index is 662. The molecule has 0 spiro atoms. The van der Waals surface area contributed by atoms with Crippen molar-refractivity contribution in [3.8, 4) is 0 Å². The molecule has 2 rings (SSSR count). The Balaban J connectivity index is 2.43. The van der Waals surface area contributed by atoms with Gasteiger partial charge < -0.3 is 15.8 Å². The summed E-state index contributed by atoms with van der Waals surface area (Å²) in [5.41, 5.74) is 7.08. The van der Waals surface area contributed by atoms with Crippen molar-refractivity contribution in [2.75, 3.05) is 18.2 Å². The molecule has 0 heterocycles. The lowest BCUT2D eigenvalue weighted by molar-refractivity contribution is 0.0602. The summed E-state index contributed by atoms with van der Waals surface area (Å²) in [4.78, 5) is 11.7. The number of anilines is 3. The molecule has 0 radical (unpaired) electrons. The molecular weight excluding hydrogens is 283 g/mol. The van der Waals surface area contributed by atoms with Crippen LogP contribution >= 0.6 is 11.6 Å². The maximum Gasteiger partial charge on any atom is 0.340 e. The molecule has 20 heavy (non-hydrogen) atoms. The van der Waals surface area contributed by atoms with E-state index in [9.17, 15) is 9.18 Å². The van der Waals surface area contributed by atoms with Crippen LogP contribution in [0.1, 0.15) is 10.4 Å². The number of nitrogens with one attached hydrogen (secondary N) is 1. The van der Waals surface area contributed by atoms with Crippen molar-refractivity contribution < 1.29 is 13.9 Å². The molecule has 2 aromatic rings. The molecule has 0 amide bonds. The average Bonchev–Trinajstić information content (AvgIpc) is 2.43. The number of benzene rings is 2. The van der Waals surface area contributed by atoms with Gasteiger partial charge in [-0.2, -0.15) is 0 Å². The number of nitrogen functional groups attached to an aromatic ring is 1. The van der Waals surface area contributed by atoms with Crippen LogP contribution < -0.4 is 11.1 Å². The van der Waals surface area contributed by atoms with Gasteiger partial charge in [0.15, 0.2) is 0 Å². The van der Waals surface area contributed by atoms with Gasteiger partial charge in [0.05, 0.1) is 29.1 Å². The molecule has 0 bridgehead atoms. The van der Waals surface area contributed by atoms with E-state index in [4.69, 9.17) is 17.3 Å². The normalized spacial score (nSPS) is 10.2. The molecule has 0 saturated heterocycles. The Labute approximate surface area is 120 Å². The number of methoxy groups -OCH3 is 1. The van der Waals surface area contributed by atoms with Gasteiger partial charge >= 0.3 is 5.97 Å². The number of nitrogens with two attached hydrogens (primary N) is 1. The van der Waals surface area contributed by atoms with Gasteiger partial charge in [-0.3, -0.25) is 0 Å². The van der Waals surface area contributed by atoms with E-state index in [-0.39, 0.29) is 5.56 Å². The standard InChI is InChI=1S/C14H12ClFN2O2/c1-20-14(19)10-7-9(17)3-5-12(10)18-13-6-8(16)2-4-11(13)15/h2-7,18H,17H2,1H3. The van der Waals surface area contributed by atoms with Gasteiger partial charge in [0.1, 0.15) is 5.82 Å². The number of halogens is 2. The highest BCUT2D eigenvalue weighted by atomic mass is 35.5. The molecule has 0 atom stereocenters. The van der Waals surface area contributed by atoms with E-state index in [1.165, 1.54) is 31.4 Å².